The number of pyridine rings is 1. The third-order valence-corrected chi connectivity index (χ3v) is 6.87. The van der Waals surface area contributed by atoms with E-state index in [1.54, 1.807) is 31.3 Å². The van der Waals surface area contributed by atoms with Crippen molar-refractivity contribution >= 4 is 17.7 Å². The van der Waals surface area contributed by atoms with Crippen LogP contribution in [-0.4, -0.2) is 50.8 Å². The summed E-state index contributed by atoms with van der Waals surface area (Å²) >= 11 is 1.55. The normalized spacial score (nSPS) is 13.3. The lowest BCUT2D eigenvalue weighted by molar-refractivity contribution is 0.0792. The van der Waals surface area contributed by atoms with Crippen LogP contribution in [0.15, 0.2) is 78.2 Å². The minimum Gasteiger partial charge on any atom is -0.495 e. The van der Waals surface area contributed by atoms with Gasteiger partial charge in [0.05, 0.1) is 12.8 Å². The van der Waals surface area contributed by atoms with Gasteiger partial charge in [-0.05, 0) is 48.7 Å². The van der Waals surface area contributed by atoms with Gasteiger partial charge in [-0.1, -0.05) is 42.1 Å². The molecule has 2 aromatic heterocycles. The molecule has 5 rings (SSSR count). The number of nitrogens with zero attached hydrogens (tertiary/aromatic N) is 5. The second-order valence-corrected chi connectivity index (χ2v) is 8.94. The van der Waals surface area contributed by atoms with Crippen molar-refractivity contribution in [3.05, 3.63) is 84.2 Å². The van der Waals surface area contributed by atoms with Gasteiger partial charge in [-0.3, -0.25) is 14.3 Å². The molecule has 0 N–H and O–H groups in total. The van der Waals surface area contributed by atoms with E-state index in [-0.39, 0.29) is 5.91 Å². The van der Waals surface area contributed by atoms with Crippen molar-refractivity contribution in [2.24, 2.45) is 0 Å². The molecule has 2 aromatic carbocycles. The predicted molar refractivity (Wildman–Crippen MR) is 132 cm³/mol. The summed E-state index contributed by atoms with van der Waals surface area (Å²) in [6.45, 7) is 1.66. The van der Waals surface area contributed by atoms with E-state index in [0.29, 0.717) is 11.6 Å². The van der Waals surface area contributed by atoms with Crippen LogP contribution in [0.4, 0.5) is 0 Å². The molecule has 1 aliphatic rings. The van der Waals surface area contributed by atoms with Gasteiger partial charge < -0.3 is 9.64 Å². The molecular weight excluding hydrogens is 446 g/mol. The molecule has 3 heterocycles. The van der Waals surface area contributed by atoms with Gasteiger partial charge in [0.25, 0.3) is 5.91 Å². The summed E-state index contributed by atoms with van der Waals surface area (Å²) in [5.74, 6) is 2.14. The summed E-state index contributed by atoms with van der Waals surface area (Å²) in [6, 6.07) is 19.5. The zero-order valence-corrected chi connectivity index (χ0v) is 19.7. The second kappa shape index (κ2) is 10.1. The average Bonchev–Trinajstić information content (AvgIpc) is 3.58. The first-order valence-electron chi connectivity index (χ1n) is 11.3. The second-order valence-electron chi connectivity index (χ2n) is 7.99. The highest BCUT2D eigenvalue weighted by atomic mass is 32.2. The number of ether oxygens (including phenoxy) is 1. The lowest BCUT2D eigenvalue weighted by Crippen LogP contribution is -2.28. The number of carbonyl (C=O) groups is 1. The lowest BCUT2D eigenvalue weighted by atomic mass is 10.1. The Bertz CT molecular complexity index is 1290. The van der Waals surface area contributed by atoms with Gasteiger partial charge in [0.2, 0.25) is 0 Å². The van der Waals surface area contributed by atoms with Crippen molar-refractivity contribution in [3.8, 4) is 22.8 Å². The summed E-state index contributed by atoms with van der Waals surface area (Å²) in [5.41, 5.74) is 3.51. The van der Waals surface area contributed by atoms with Gasteiger partial charge in [-0.2, -0.15) is 0 Å². The van der Waals surface area contributed by atoms with E-state index in [0.717, 1.165) is 59.2 Å². The topological polar surface area (TPSA) is 73.1 Å². The largest absolute Gasteiger partial charge is 0.495 e. The van der Waals surface area contributed by atoms with E-state index >= 15 is 0 Å². The van der Waals surface area contributed by atoms with Gasteiger partial charge >= 0.3 is 0 Å². The molecular formula is C26H25N5O2S. The number of hydrogen-bond donors (Lipinski definition) is 0. The smallest absolute Gasteiger partial charge is 0.254 e. The molecule has 0 aliphatic carbocycles. The number of amides is 1. The maximum absolute atomic E-state index is 13.1. The number of likely N-dealkylation sites (tertiary alicyclic amines) is 1. The zero-order chi connectivity index (χ0) is 23.3. The molecule has 34 heavy (non-hydrogen) atoms. The highest BCUT2D eigenvalue weighted by molar-refractivity contribution is 7.98. The van der Waals surface area contributed by atoms with Crippen molar-refractivity contribution < 1.29 is 9.53 Å². The zero-order valence-electron chi connectivity index (χ0n) is 18.9. The number of carbonyl (C=O) groups excluding carboxylic acids is 1. The third-order valence-electron chi connectivity index (χ3n) is 5.90. The van der Waals surface area contributed by atoms with Crippen LogP contribution in [0.3, 0.4) is 0 Å². The van der Waals surface area contributed by atoms with Crippen molar-refractivity contribution in [2.45, 2.75) is 23.8 Å². The molecule has 0 spiro atoms. The van der Waals surface area contributed by atoms with E-state index in [9.17, 15) is 4.79 Å². The number of para-hydroxylation sites is 2. The number of rotatable bonds is 7. The van der Waals surface area contributed by atoms with Gasteiger partial charge in [0, 0.05) is 42.4 Å². The van der Waals surface area contributed by atoms with Gasteiger partial charge in [-0.15, -0.1) is 10.2 Å². The van der Waals surface area contributed by atoms with Crippen LogP contribution in [0.25, 0.3) is 17.1 Å². The fraction of sp³-hybridized carbons (Fsp3) is 0.231. The quantitative estimate of drug-likeness (QED) is 0.358. The summed E-state index contributed by atoms with van der Waals surface area (Å²) in [6.07, 6.45) is 5.62. The molecule has 0 saturated carbocycles. The maximum Gasteiger partial charge on any atom is 0.254 e. The van der Waals surface area contributed by atoms with Gasteiger partial charge in [-0.25, -0.2) is 0 Å². The van der Waals surface area contributed by atoms with Gasteiger partial charge in [0.1, 0.15) is 5.75 Å². The minimum absolute atomic E-state index is 0.109. The van der Waals surface area contributed by atoms with E-state index in [1.165, 1.54) is 0 Å². The Morgan fingerprint density at radius 3 is 2.50 bits per heavy atom. The number of hydrogen-bond acceptors (Lipinski definition) is 6. The molecule has 0 bridgehead atoms. The number of aromatic nitrogens is 4. The number of thioether (sulfide) groups is 1. The third kappa shape index (κ3) is 4.41. The highest BCUT2D eigenvalue weighted by Crippen LogP contribution is 2.34. The fourth-order valence-electron chi connectivity index (χ4n) is 4.17. The molecule has 0 unspecified atom stereocenters. The fourth-order valence-corrected chi connectivity index (χ4v) is 5.12. The molecule has 1 saturated heterocycles. The Labute approximate surface area is 202 Å². The molecule has 1 aliphatic heterocycles. The molecule has 0 atom stereocenters. The first-order valence-corrected chi connectivity index (χ1v) is 12.2. The van der Waals surface area contributed by atoms with Crippen molar-refractivity contribution in [2.75, 3.05) is 20.2 Å². The summed E-state index contributed by atoms with van der Waals surface area (Å²) in [5, 5.41) is 9.74. The van der Waals surface area contributed by atoms with E-state index in [4.69, 9.17) is 4.74 Å². The SMILES string of the molecule is COc1ccccc1-n1c(SCc2ccccc2C(=O)N2CCCC2)nnc1-c1ccncc1. The average molecular weight is 472 g/mol. The first kappa shape index (κ1) is 22.2. The Kier molecular flexibility index (Phi) is 6.58. The lowest BCUT2D eigenvalue weighted by Gasteiger charge is -2.18. The standard InChI is InChI=1S/C26H25N5O2S/c1-33-23-11-5-4-10-22(23)31-24(19-12-14-27-15-13-19)28-29-26(31)34-18-20-8-2-3-9-21(20)25(32)30-16-6-7-17-30/h2-5,8-15H,6-7,16-18H2,1H3. The van der Waals surface area contributed by atoms with Crippen LogP contribution in [0.1, 0.15) is 28.8 Å². The van der Waals surface area contributed by atoms with Crippen LogP contribution >= 0.6 is 11.8 Å². The summed E-state index contributed by atoms with van der Waals surface area (Å²) in [7, 11) is 1.66. The van der Waals surface area contributed by atoms with Crippen molar-refractivity contribution in [1.29, 1.82) is 0 Å². The molecule has 1 fully saturated rings. The number of methoxy groups -OCH3 is 1. The van der Waals surface area contributed by atoms with E-state index in [2.05, 4.69) is 15.2 Å². The Balaban J connectivity index is 1.50. The number of benzene rings is 2. The summed E-state index contributed by atoms with van der Waals surface area (Å²) in [4.78, 5) is 19.2. The van der Waals surface area contributed by atoms with Crippen LogP contribution in [0.2, 0.25) is 0 Å². The minimum atomic E-state index is 0.109. The summed E-state index contributed by atoms with van der Waals surface area (Å²) < 4.78 is 7.64. The Morgan fingerprint density at radius 2 is 1.71 bits per heavy atom. The van der Waals surface area contributed by atoms with Crippen LogP contribution < -0.4 is 4.74 Å². The monoisotopic (exact) mass is 471 g/mol. The molecule has 8 heteroatoms. The highest BCUT2D eigenvalue weighted by Gasteiger charge is 2.23. The van der Waals surface area contributed by atoms with Crippen LogP contribution in [0.5, 0.6) is 5.75 Å². The maximum atomic E-state index is 13.1. The van der Waals surface area contributed by atoms with Crippen LogP contribution in [-0.2, 0) is 5.75 Å². The van der Waals surface area contributed by atoms with Crippen molar-refractivity contribution in [3.63, 3.8) is 0 Å². The molecule has 172 valence electrons. The Morgan fingerprint density at radius 1 is 0.971 bits per heavy atom. The first-order chi connectivity index (χ1) is 16.8. The van der Waals surface area contributed by atoms with Crippen LogP contribution in [0, 0.1) is 0 Å². The Hall–Kier alpha value is -3.65. The molecule has 1 amide bonds. The van der Waals surface area contributed by atoms with Gasteiger partial charge in [0.15, 0.2) is 11.0 Å². The van der Waals surface area contributed by atoms with E-state index in [1.807, 2.05) is 70.1 Å². The predicted octanol–water partition coefficient (Wildman–Crippen LogP) is 4.87. The molecule has 0 radical (unpaired) electrons. The van der Waals surface area contributed by atoms with E-state index < -0.39 is 0 Å². The molecule has 7 nitrogen and oxygen atoms in total. The van der Waals surface area contributed by atoms with Crippen molar-refractivity contribution in [1.82, 2.24) is 24.6 Å². The molecule has 4 aromatic rings.